The highest BCUT2D eigenvalue weighted by Gasteiger charge is 2.26. The zero-order valence-corrected chi connectivity index (χ0v) is 15.6. The molecule has 1 aliphatic rings. The number of likely N-dealkylation sites (N-methyl/N-ethyl adjacent to an activating group) is 1. The van der Waals surface area contributed by atoms with Crippen molar-refractivity contribution >= 4 is 11.6 Å². The normalized spacial score (nSPS) is 16.5. The second kappa shape index (κ2) is 8.27. The van der Waals surface area contributed by atoms with E-state index in [4.69, 9.17) is 4.74 Å². The standard InChI is InChI=1S/C18H26N6O2/c1-13(23(2)15-7-5-4-6-8-15)18(25)20-14-9-16(11-17(10-14)26-3)24-12-19-21-22-24/h9-13,15H,4-8H2,1-3H3,(H,20,25). The largest absolute Gasteiger partial charge is 0.497 e. The van der Waals surface area contributed by atoms with Gasteiger partial charge >= 0.3 is 0 Å². The number of methoxy groups -OCH3 is 1. The predicted molar refractivity (Wildman–Crippen MR) is 98.4 cm³/mol. The third-order valence-corrected chi connectivity index (χ3v) is 5.15. The van der Waals surface area contributed by atoms with Crippen molar-refractivity contribution in [3.63, 3.8) is 0 Å². The summed E-state index contributed by atoms with van der Waals surface area (Å²) < 4.78 is 6.86. The first kappa shape index (κ1) is 18.3. The number of hydrogen-bond donors (Lipinski definition) is 1. The first-order valence-electron chi connectivity index (χ1n) is 9.03. The van der Waals surface area contributed by atoms with E-state index >= 15 is 0 Å². The van der Waals surface area contributed by atoms with Crippen LogP contribution in [0, 0.1) is 0 Å². The molecule has 0 radical (unpaired) electrons. The van der Waals surface area contributed by atoms with Crippen LogP contribution in [0.4, 0.5) is 5.69 Å². The summed E-state index contributed by atoms with van der Waals surface area (Å²) in [5, 5.41) is 14.2. The van der Waals surface area contributed by atoms with Gasteiger partial charge in [-0.3, -0.25) is 9.69 Å². The Balaban J connectivity index is 1.72. The zero-order valence-electron chi connectivity index (χ0n) is 15.6. The molecule has 1 atom stereocenters. The number of amides is 1. The maximum absolute atomic E-state index is 12.8. The third-order valence-electron chi connectivity index (χ3n) is 5.15. The SMILES string of the molecule is COc1cc(NC(=O)C(C)N(C)C2CCCCC2)cc(-n2cnnn2)c1. The van der Waals surface area contributed by atoms with Crippen LogP contribution < -0.4 is 10.1 Å². The van der Waals surface area contributed by atoms with Gasteiger partial charge in [0.15, 0.2) is 0 Å². The Morgan fingerprint density at radius 2 is 2.08 bits per heavy atom. The Morgan fingerprint density at radius 1 is 1.31 bits per heavy atom. The second-order valence-corrected chi connectivity index (χ2v) is 6.80. The van der Waals surface area contributed by atoms with Crippen molar-refractivity contribution in [2.45, 2.75) is 51.1 Å². The molecule has 0 spiro atoms. The lowest BCUT2D eigenvalue weighted by Crippen LogP contribution is -2.46. The number of tetrazole rings is 1. The fourth-order valence-corrected chi connectivity index (χ4v) is 3.42. The maximum Gasteiger partial charge on any atom is 0.241 e. The zero-order chi connectivity index (χ0) is 18.5. The van der Waals surface area contributed by atoms with Gasteiger partial charge in [-0.05, 0) is 43.3 Å². The van der Waals surface area contributed by atoms with Crippen molar-refractivity contribution < 1.29 is 9.53 Å². The average molecular weight is 358 g/mol. The van der Waals surface area contributed by atoms with Crippen molar-refractivity contribution in [3.05, 3.63) is 24.5 Å². The van der Waals surface area contributed by atoms with E-state index in [2.05, 4.69) is 25.7 Å². The van der Waals surface area contributed by atoms with Crippen LogP contribution in [-0.2, 0) is 4.79 Å². The summed E-state index contributed by atoms with van der Waals surface area (Å²) in [4.78, 5) is 14.9. The van der Waals surface area contributed by atoms with Gasteiger partial charge in [-0.15, -0.1) is 5.10 Å². The van der Waals surface area contributed by atoms with Crippen LogP contribution in [0.2, 0.25) is 0 Å². The van der Waals surface area contributed by atoms with Gasteiger partial charge in [0, 0.05) is 23.9 Å². The minimum Gasteiger partial charge on any atom is -0.497 e. The predicted octanol–water partition coefficient (Wildman–Crippen LogP) is 2.26. The van der Waals surface area contributed by atoms with E-state index in [1.54, 1.807) is 13.2 Å². The monoisotopic (exact) mass is 358 g/mol. The maximum atomic E-state index is 12.8. The molecule has 1 fully saturated rings. The molecule has 8 nitrogen and oxygen atoms in total. The van der Waals surface area contributed by atoms with E-state index < -0.39 is 0 Å². The topological polar surface area (TPSA) is 85.2 Å². The first-order chi connectivity index (χ1) is 12.6. The molecule has 1 aliphatic carbocycles. The lowest BCUT2D eigenvalue weighted by Gasteiger charge is -2.34. The molecule has 2 aromatic rings. The van der Waals surface area contributed by atoms with E-state index in [1.165, 1.54) is 30.3 Å². The summed E-state index contributed by atoms with van der Waals surface area (Å²) in [6.45, 7) is 1.95. The summed E-state index contributed by atoms with van der Waals surface area (Å²) in [6, 6.07) is 5.69. The van der Waals surface area contributed by atoms with Crippen LogP contribution in [0.3, 0.4) is 0 Å². The number of ether oxygens (including phenoxy) is 1. The number of carbonyl (C=O) groups excluding carboxylic acids is 1. The quantitative estimate of drug-likeness (QED) is 0.853. The average Bonchev–Trinajstić information content (AvgIpc) is 3.22. The summed E-state index contributed by atoms with van der Waals surface area (Å²) in [6.07, 6.45) is 7.62. The summed E-state index contributed by atoms with van der Waals surface area (Å²) in [5.41, 5.74) is 1.38. The van der Waals surface area contributed by atoms with E-state index in [-0.39, 0.29) is 11.9 Å². The Morgan fingerprint density at radius 3 is 2.73 bits per heavy atom. The van der Waals surface area contributed by atoms with Crippen molar-refractivity contribution in [1.29, 1.82) is 0 Å². The van der Waals surface area contributed by atoms with Crippen molar-refractivity contribution in [2.75, 3.05) is 19.5 Å². The number of nitrogens with one attached hydrogen (secondary N) is 1. The van der Waals surface area contributed by atoms with Gasteiger partial charge in [0.1, 0.15) is 12.1 Å². The van der Waals surface area contributed by atoms with Crippen LogP contribution in [0.25, 0.3) is 5.69 Å². The number of nitrogens with zero attached hydrogens (tertiary/aromatic N) is 5. The van der Waals surface area contributed by atoms with Crippen LogP contribution in [0.15, 0.2) is 24.5 Å². The molecule has 1 aromatic heterocycles. The smallest absolute Gasteiger partial charge is 0.241 e. The molecule has 1 unspecified atom stereocenters. The van der Waals surface area contributed by atoms with Gasteiger partial charge in [0.2, 0.25) is 5.91 Å². The number of rotatable bonds is 6. The van der Waals surface area contributed by atoms with Crippen molar-refractivity contribution in [3.8, 4) is 11.4 Å². The molecule has 140 valence electrons. The minimum atomic E-state index is -0.208. The highest BCUT2D eigenvalue weighted by Crippen LogP contribution is 2.25. The van der Waals surface area contributed by atoms with E-state index in [0.29, 0.717) is 17.5 Å². The summed E-state index contributed by atoms with van der Waals surface area (Å²) >= 11 is 0. The number of carbonyl (C=O) groups is 1. The first-order valence-corrected chi connectivity index (χ1v) is 9.03. The number of benzene rings is 1. The minimum absolute atomic E-state index is 0.0333. The highest BCUT2D eigenvalue weighted by atomic mass is 16.5. The Kier molecular flexibility index (Phi) is 5.82. The third kappa shape index (κ3) is 4.19. The van der Waals surface area contributed by atoms with Crippen LogP contribution in [-0.4, -0.2) is 57.3 Å². The fourth-order valence-electron chi connectivity index (χ4n) is 3.42. The second-order valence-electron chi connectivity index (χ2n) is 6.80. The highest BCUT2D eigenvalue weighted by molar-refractivity contribution is 5.95. The van der Waals surface area contributed by atoms with Crippen LogP contribution in [0.5, 0.6) is 5.75 Å². The Bertz CT molecular complexity index is 727. The Labute approximate surface area is 153 Å². The number of hydrogen-bond acceptors (Lipinski definition) is 6. The van der Waals surface area contributed by atoms with Gasteiger partial charge in [-0.25, -0.2) is 4.68 Å². The van der Waals surface area contributed by atoms with Gasteiger partial charge in [-0.1, -0.05) is 19.3 Å². The van der Waals surface area contributed by atoms with E-state index in [0.717, 1.165) is 18.5 Å². The molecule has 1 amide bonds. The molecule has 1 saturated carbocycles. The van der Waals surface area contributed by atoms with E-state index in [9.17, 15) is 4.79 Å². The summed E-state index contributed by atoms with van der Waals surface area (Å²) in [5.74, 6) is 0.593. The lowest BCUT2D eigenvalue weighted by atomic mass is 9.93. The number of anilines is 1. The summed E-state index contributed by atoms with van der Waals surface area (Å²) in [7, 11) is 3.63. The molecule has 1 heterocycles. The molecule has 1 N–H and O–H groups in total. The molecule has 26 heavy (non-hydrogen) atoms. The van der Waals surface area contributed by atoms with Gasteiger partial charge < -0.3 is 10.1 Å². The molecular weight excluding hydrogens is 332 g/mol. The van der Waals surface area contributed by atoms with Crippen molar-refractivity contribution in [2.24, 2.45) is 0 Å². The number of aromatic nitrogens is 4. The molecule has 8 heteroatoms. The lowest BCUT2D eigenvalue weighted by molar-refractivity contribution is -0.121. The van der Waals surface area contributed by atoms with Gasteiger partial charge in [-0.2, -0.15) is 0 Å². The Hall–Kier alpha value is -2.48. The molecule has 0 saturated heterocycles. The molecule has 3 rings (SSSR count). The molecule has 0 bridgehead atoms. The van der Waals surface area contributed by atoms with Crippen LogP contribution >= 0.6 is 0 Å². The molecule has 1 aromatic carbocycles. The fraction of sp³-hybridized carbons (Fsp3) is 0.556. The van der Waals surface area contributed by atoms with Gasteiger partial charge in [0.05, 0.1) is 18.8 Å². The van der Waals surface area contributed by atoms with Crippen molar-refractivity contribution in [1.82, 2.24) is 25.1 Å². The van der Waals surface area contributed by atoms with Crippen LogP contribution in [0.1, 0.15) is 39.0 Å². The molecule has 0 aliphatic heterocycles. The van der Waals surface area contributed by atoms with Gasteiger partial charge in [0.25, 0.3) is 0 Å². The van der Waals surface area contributed by atoms with E-state index in [1.807, 2.05) is 26.1 Å². The molecular formula is C18H26N6O2.